The van der Waals surface area contributed by atoms with Gasteiger partial charge in [0.2, 0.25) is 0 Å². The van der Waals surface area contributed by atoms with Crippen LogP contribution in [0.4, 0.5) is 10.1 Å². The Bertz CT molecular complexity index is 718. The van der Waals surface area contributed by atoms with Crippen molar-refractivity contribution in [2.45, 2.75) is 6.92 Å². The van der Waals surface area contributed by atoms with Crippen molar-refractivity contribution in [2.24, 2.45) is 0 Å². The molecule has 0 saturated heterocycles. The van der Waals surface area contributed by atoms with Crippen LogP contribution >= 0.6 is 0 Å². The van der Waals surface area contributed by atoms with Gasteiger partial charge in [-0.1, -0.05) is 24.3 Å². The Hall–Kier alpha value is -2.62. The number of hydrogen-bond acceptors (Lipinski definition) is 2. The molecule has 2 rings (SSSR count). The van der Waals surface area contributed by atoms with Crippen LogP contribution in [-0.2, 0) is 4.79 Å². The lowest BCUT2D eigenvalue weighted by molar-refractivity contribution is -0.130. The largest absolute Gasteiger partial charge is 0.478 e. The average Bonchev–Trinajstić information content (AvgIpc) is 2.48. The number of carboxylic acid groups (broad SMARTS) is 1. The molecule has 1 N–H and O–H groups in total. The topological polar surface area (TPSA) is 40.5 Å². The number of nitrogens with zero attached hydrogens (tertiary/aromatic N) is 1. The highest BCUT2D eigenvalue weighted by molar-refractivity contribution is 6.20. The van der Waals surface area contributed by atoms with Gasteiger partial charge in [-0.05, 0) is 47.9 Å². The molecule has 0 radical (unpaired) electrons. The molecule has 0 amide bonds. The summed E-state index contributed by atoms with van der Waals surface area (Å²) in [6, 6.07) is 11.9. The fourth-order valence-corrected chi connectivity index (χ4v) is 2.06. The van der Waals surface area contributed by atoms with Gasteiger partial charge in [-0.3, -0.25) is 0 Å². The molecule has 0 fully saturated rings. The first-order valence-corrected chi connectivity index (χ1v) is 6.87. The Kier molecular flexibility index (Phi) is 4.61. The van der Waals surface area contributed by atoms with Crippen molar-refractivity contribution in [2.75, 3.05) is 19.0 Å². The minimum Gasteiger partial charge on any atom is -0.478 e. The molecular weight excluding hydrogens is 281 g/mol. The first-order valence-electron chi connectivity index (χ1n) is 6.87. The lowest BCUT2D eigenvalue weighted by Crippen LogP contribution is -2.08. The number of aliphatic carboxylic acids is 1. The minimum atomic E-state index is -1.08. The number of hydrogen-bond donors (Lipinski definition) is 1. The predicted molar refractivity (Wildman–Crippen MR) is 87.4 cm³/mol. The van der Waals surface area contributed by atoms with Gasteiger partial charge in [0.15, 0.2) is 0 Å². The molecular formula is C18H18FNO2. The van der Waals surface area contributed by atoms with E-state index >= 15 is 0 Å². The summed E-state index contributed by atoms with van der Waals surface area (Å²) in [6.45, 7) is 1.64. The number of anilines is 1. The molecule has 22 heavy (non-hydrogen) atoms. The number of benzene rings is 2. The van der Waals surface area contributed by atoms with Gasteiger partial charge in [-0.25, -0.2) is 9.18 Å². The monoisotopic (exact) mass is 299 g/mol. The summed E-state index contributed by atoms with van der Waals surface area (Å²) >= 11 is 0. The second kappa shape index (κ2) is 6.43. The fraction of sp³-hybridized carbons (Fsp3) is 0.167. The quantitative estimate of drug-likeness (QED) is 0.689. The first-order chi connectivity index (χ1) is 10.4. The SMILES string of the molecule is Cc1ccc(/C(=C/c2ccc(N(C)C)cc2)C(=O)O)cc1F. The summed E-state index contributed by atoms with van der Waals surface area (Å²) in [7, 11) is 3.87. The maximum Gasteiger partial charge on any atom is 0.336 e. The van der Waals surface area contributed by atoms with Crippen LogP contribution < -0.4 is 4.90 Å². The molecule has 0 unspecified atom stereocenters. The second-order valence-corrected chi connectivity index (χ2v) is 5.31. The van der Waals surface area contributed by atoms with Crippen LogP contribution in [-0.4, -0.2) is 25.2 Å². The molecule has 2 aromatic carbocycles. The van der Waals surface area contributed by atoms with E-state index in [4.69, 9.17) is 0 Å². The fourth-order valence-electron chi connectivity index (χ4n) is 2.06. The van der Waals surface area contributed by atoms with Crippen LogP contribution in [0.25, 0.3) is 11.6 Å². The Labute approximate surface area is 129 Å². The zero-order valence-corrected chi connectivity index (χ0v) is 12.8. The Balaban J connectivity index is 2.42. The number of rotatable bonds is 4. The molecule has 0 spiro atoms. The van der Waals surface area contributed by atoms with E-state index in [9.17, 15) is 14.3 Å². The molecule has 0 aromatic heterocycles. The van der Waals surface area contributed by atoms with Crippen LogP contribution in [0, 0.1) is 12.7 Å². The third kappa shape index (κ3) is 3.52. The molecule has 3 nitrogen and oxygen atoms in total. The maximum atomic E-state index is 13.7. The van der Waals surface area contributed by atoms with Gasteiger partial charge in [0.1, 0.15) is 5.82 Å². The van der Waals surface area contributed by atoms with Gasteiger partial charge in [-0.15, -0.1) is 0 Å². The zero-order valence-electron chi connectivity index (χ0n) is 12.8. The summed E-state index contributed by atoms with van der Waals surface area (Å²) in [5.74, 6) is -1.49. The summed E-state index contributed by atoms with van der Waals surface area (Å²) in [5, 5.41) is 9.39. The van der Waals surface area contributed by atoms with E-state index in [-0.39, 0.29) is 5.57 Å². The average molecular weight is 299 g/mol. The lowest BCUT2D eigenvalue weighted by atomic mass is 10.0. The van der Waals surface area contributed by atoms with E-state index in [1.807, 2.05) is 43.3 Å². The van der Waals surface area contributed by atoms with Crippen molar-refractivity contribution in [1.82, 2.24) is 0 Å². The van der Waals surface area contributed by atoms with E-state index in [2.05, 4.69) is 0 Å². The number of carbonyl (C=O) groups is 1. The van der Waals surface area contributed by atoms with E-state index in [0.717, 1.165) is 11.3 Å². The van der Waals surface area contributed by atoms with Crippen LogP contribution in [0.15, 0.2) is 42.5 Å². The maximum absolute atomic E-state index is 13.7. The van der Waals surface area contributed by atoms with Crippen LogP contribution in [0.1, 0.15) is 16.7 Å². The first kappa shape index (κ1) is 15.8. The Morgan fingerprint density at radius 3 is 2.27 bits per heavy atom. The van der Waals surface area contributed by atoms with E-state index in [0.29, 0.717) is 11.1 Å². The van der Waals surface area contributed by atoms with E-state index in [1.165, 1.54) is 6.07 Å². The lowest BCUT2D eigenvalue weighted by Gasteiger charge is -2.12. The van der Waals surface area contributed by atoms with Crippen molar-refractivity contribution in [3.05, 3.63) is 65.0 Å². The van der Waals surface area contributed by atoms with Crippen molar-refractivity contribution in [1.29, 1.82) is 0 Å². The number of carboxylic acids is 1. The van der Waals surface area contributed by atoms with Gasteiger partial charge in [0.05, 0.1) is 5.57 Å². The van der Waals surface area contributed by atoms with Gasteiger partial charge < -0.3 is 10.0 Å². The zero-order chi connectivity index (χ0) is 16.3. The van der Waals surface area contributed by atoms with Crippen molar-refractivity contribution in [3.63, 3.8) is 0 Å². The molecule has 0 atom stereocenters. The molecule has 0 saturated carbocycles. The molecule has 0 aliphatic rings. The Morgan fingerprint density at radius 1 is 1.14 bits per heavy atom. The standard InChI is InChI=1S/C18H18FNO2/c1-12-4-7-14(11-17(12)19)16(18(21)22)10-13-5-8-15(9-6-13)20(2)3/h4-11H,1-3H3,(H,21,22)/b16-10-. The highest BCUT2D eigenvalue weighted by atomic mass is 19.1. The van der Waals surface area contributed by atoms with Crippen LogP contribution in [0.5, 0.6) is 0 Å². The molecule has 2 aromatic rings. The molecule has 0 aliphatic heterocycles. The van der Waals surface area contributed by atoms with E-state index < -0.39 is 11.8 Å². The van der Waals surface area contributed by atoms with Crippen molar-refractivity contribution >= 4 is 23.3 Å². The van der Waals surface area contributed by atoms with Gasteiger partial charge in [0, 0.05) is 19.8 Å². The van der Waals surface area contributed by atoms with Gasteiger partial charge in [0.25, 0.3) is 0 Å². The van der Waals surface area contributed by atoms with E-state index in [1.54, 1.807) is 25.1 Å². The van der Waals surface area contributed by atoms with Gasteiger partial charge in [-0.2, -0.15) is 0 Å². The molecule has 0 heterocycles. The minimum absolute atomic E-state index is 0.0662. The van der Waals surface area contributed by atoms with Gasteiger partial charge >= 0.3 is 5.97 Å². The molecule has 0 aliphatic carbocycles. The molecule has 114 valence electrons. The summed E-state index contributed by atoms with van der Waals surface area (Å²) < 4.78 is 13.7. The highest BCUT2D eigenvalue weighted by Crippen LogP contribution is 2.22. The summed E-state index contributed by atoms with van der Waals surface area (Å²) in [6.07, 6.45) is 1.55. The summed E-state index contributed by atoms with van der Waals surface area (Å²) in [4.78, 5) is 13.4. The summed E-state index contributed by atoms with van der Waals surface area (Å²) in [5.41, 5.74) is 2.69. The molecule has 4 heteroatoms. The molecule has 0 bridgehead atoms. The van der Waals surface area contributed by atoms with Crippen LogP contribution in [0.2, 0.25) is 0 Å². The third-order valence-electron chi connectivity index (χ3n) is 3.43. The van der Waals surface area contributed by atoms with Crippen molar-refractivity contribution < 1.29 is 14.3 Å². The number of aryl methyl sites for hydroxylation is 1. The number of halogens is 1. The second-order valence-electron chi connectivity index (χ2n) is 5.31. The van der Waals surface area contributed by atoms with Crippen LogP contribution in [0.3, 0.4) is 0 Å². The normalized spacial score (nSPS) is 11.4. The van der Waals surface area contributed by atoms with Crippen molar-refractivity contribution in [3.8, 4) is 0 Å². The third-order valence-corrected chi connectivity index (χ3v) is 3.43. The Morgan fingerprint density at radius 2 is 1.77 bits per heavy atom. The predicted octanol–water partition coefficient (Wildman–Crippen LogP) is 3.83. The highest BCUT2D eigenvalue weighted by Gasteiger charge is 2.12. The smallest absolute Gasteiger partial charge is 0.336 e.